The molecule has 0 aromatic carbocycles. The highest BCUT2D eigenvalue weighted by Crippen LogP contribution is 2.22. The Morgan fingerprint density at radius 1 is 0.791 bits per heavy atom. The van der Waals surface area contributed by atoms with Crippen molar-refractivity contribution in [2.45, 2.75) is 159 Å². The highest BCUT2D eigenvalue weighted by Gasteiger charge is 2.44. The summed E-state index contributed by atoms with van der Waals surface area (Å²) in [5.41, 5.74) is 0. The van der Waals surface area contributed by atoms with Crippen LogP contribution in [-0.2, 0) is 14.3 Å². The summed E-state index contributed by atoms with van der Waals surface area (Å²) in [5.74, 6) is -0.200. The number of aliphatic hydroxyl groups excluding tert-OH is 5. The molecule has 1 amide bonds. The van der Waals surface area contributed by atoms with Crippen molar-refractivity contribution >= 4 is 5.91 Å². The first-order chi connectivity index (χ1) is 20.8. The summed E-state index contributed by atoms with van der Waals surface area (Å²) in [6, 6.07) is -0.819. The molecule has 43 heavy (non-hydrogen) atoms. The molecule has 1 rings (SSSR count). The fourth-order valence-electron chi connectivity index (χ4n) is 4.96. The second-order valence-corrected chi connectivity index (χ2v) is 11.6. The second-order valence-electron chi connectivity index (χ2n) is 11.6. The smallest absolute Gasteiger partial charge is 0.220 e. The van der Waals surface area contributed by atoms with E-state index in [0.717, 1.165) is 51.4 Å². The number of nitrogens with one attached hydrogen (secondary N) is 1. The molecule has 6 N–H and O–H groups in total. The summed E-state index contributed by atoms with van der Waals surface area (Å²) in [5, 5.41) is 53.5. The van der Waals surface area contributed by atoms with E-state index in [0.29, 0.717) is 6.42 Å². The van der Waals surface area contributed by atoms with Gasteiger partial charge in [-0.25, -0.2) is 0 Å². The van der Waals surface area contributed by atoms with Crippen LogP contribution in [0, 0.1) is 0 Å². The summed E-state index contributed by atoms with van der Waals surface area (Å²) < 4.78 is 11.1. The van der Waals surface area contributed by atoms with Gasteiger partial charge < -0.3 is 40.3 Å². The Bertz CT molecular complexity index is 771. The van der Waals surface area contributed by atoms with Gasteiger partial charge in [0, 0.05) is 6.42 Å². The van der Waals surface area contributed by atoms with Gasteiger partial charge in [0.1, 0.15) is 24.4 Å². The molecule has 1 heterocycles. The summed E-state index contributed by atoms with van der Waals surface area (Å²) in [6.45, 7) is 3.56. The van der Waals surface area contributed by atoms with Gasteiger partial charge in [-0.05, 0) is 38.5 Å². The number of aliphatic hydroxyl groups is 5. The van der Waals surface area contributed by atoms with Gasteiger partial charge in [0.15, 0.2) is 6.29 Å². The molecule has 7 atom stereocenters. The molecule has 1 saturated heterocycles. The molecule has 1 aliphatic heterocycles. The van der Waals surface area contributed by atoms with E-state index in [-0.39, 0.29) is 12.5 Å². The Kier molecular flexibility index (Phi) is 23.6. The van der Waals surface area contributed by atoms with Crippen molar-refractivity contribution in [1.29, 1.82) is 0 Å². The Morgan fingerprint density at radius 3 is 1.93 bits per heavy atom. The SMILES string of the molecule is CC/C=C/CC/C=C/CC/C=C/C(O)C(COC1OC(CO)C(O)C(O)C1O)NC(=O)CCCCCCCCCCCC. The van der Waals surface area contributed by atoms with Crippen molar-refractivity contribution in [1.82, 2.24) is 5.32 Å². The average molecular weight is 612 g/mol. The normalized spacial score (nSPS) is 24.3. The largest absolute Gasteiger partial charge is 0.394 e. The maximum atomic E-state index is 12.7. The first-order valence-corrected chi connectivity index (χ1v) is 16.7. The van der Waals surface area contributed by atoms with Crippen LogP contribution in [0.1, 0.15) is 117 Å². The van der Waals surface area contributed by atoms with Gasteiger partial charge in [0.2, 0.25) is 5.91 Å². The molecular weight excluding hydrogens is 550 g/mol. The van der Waals surface area contributed by atoms with E-state index in [1.165, 1.54) is 44.9 Å². The highest BCUT2D eigenvalue weighted by molar-refractivity contribution is 5.76. The third kappa shape index (κ3) is 18.1. The lowest BCUT2D eigenvalue weighted by atomic mass is 9.99. The lowest BCUT2D eigenvalue weighted by molar-refractivity contribution is -0.302. The van der Waals surface area contributed by atoms with Crippen molar-refractivity contribution in [2.24, 2.45) is 0 Å². The van der Waals surface area contributed by atoms with Crippen LogP contribution in [0.3, 0.4) is 0 Å². The molecule has 1 aliphatic rings. The van der Waals surface area contributed by atoms with Gasteiger partial charge in [-0.15, -0.1) is 0 Å². The zero-order valence-electron chi connectivity index (χ0n) is 26.7. The number of hydrogen-bond acceptors (Lipinski definition) is 8. The first-order valence-electron chi connectivity index (χ1n) is 16.7. The van der Waals surface area contributed by atoms with E-state index >= 15 is 0 Å². The van der Waals surface area contributed by atoms with Crippen molar-refractivity contribution in [3.05, 3.63) is 36.5 Å². The van der Waals surface area contributed by atoms with Crippen molar-refractivity contribution in [3.8, 4) is 0 Å². The molecule has 1 fully saturated rings. The molecule has 0 aromatic rings. The summed E-state index contributed by atoms with van der Waals surface area (Å²) in [4.78, 5) is 12.7. The third-order valence-corrected chi connectivity index (χ3v) is 7.71. The van der Waals surface area contributed by atoms with Gasteiger partial charge in [0.05, 0.1) is 25.4 Å². The Hall–Kier alpha value is -1.59. The number of carbonyl (C=O) groups excluding carboxylic acids is 1. The molecule has 0 radical (unpaired) electrons. The van der Waals surface area contributed by atoms with Crippen LogP contribution in [0.5, 0.6) is 0 Å². The number of hydrogen-bond donors (Lipinski definition) is 6. The molecule has 7 unspecified atom stereocenters. The third-order valence-electron chi connectivity index (χ3n) is 7.71. The number of allylic oxidation sites excluding steroid dienone is 5. The maximum absolute atomic E-state index is 12.7. The molecular formula is C34H61NO8. The number of unbranched alkanes of at least 4 members (excludes halogenated alkanes) is 11. The highest BCUT2D eigenvalue weighted by atomic mass is 16.7. The van der Waals surface area contributed by atoms with Gasteiger partial charge in [0.25, 0.3) is 0 Å². The monoisotopic (exact) mass is 611 g/mol. The summed E-state index contributed by atoms with van der Waals surface area (Å²) in [7, 11) is 0. The molecule has 0 aliphatic carbocycles. The molecule has 0 saturated carbocycles. The van der Waals surface area contributed by atoms with E-state index in [9.17, 15) is 30.3 Å². The first kappa shape index (κ1) is 39.4. The standard InChI is InChI=1S/C34H61NO8/c1-3-5-7-9-11-13-15-17-19-21-23-28(37)27(26-42-34-33(41)32(40)31(39)29(25-36)43-34)35-30(38)24-22-20-18-16-14-12-10-8-6-4-2/h5,7,13,15,21,23,27-29,31-34,36-37,39-41H,3-4,6,8-12,14,16-20,22,24-26H2,1-2H3,(H,35,38)/b7-5+,15-13+,23-21+. The Morgan fingerprint density at radius 2 is 1.35 bits per heavy atom. The average Bonchev–Trinajstić information content (AvgIpc) is 3.00. The molecule has 0 aromatic heterocycles. The lowest BCUT2D eigenvalue weighted by Crippen LogP contribution is -2.60. The number of rotatable bonds is 25. The molecule has 9 heteroatoms. The zero-order valence-corrected chi connectivity index (χ0v) is 26.7. The Balaban J connectivity index is 2.57. The van der Waals surface area contributed by atoms with E-state index in [4.69, 9.17) is 9.47 Å². The lowest BCUT2D eigenvalue weighted by Gasteiger charge is -2.40. The summed E-state index contributed by atoms with van der Waals surface area (Å²) in [6.07, 6.45) is 20.6. The molecule has 250 valence electrons. The van der Waals surface area contributed by atoms with Gasteiger partial charge in [-0.3, -0.25) is 4.79 Å². The number of ether oxygens (including phenoxy) is 2. The van der Waals surface area contributed by atoms with Crippen LogP contribution >= 0.6 is 0 Å². The van der Waals surface area contributed by atoms with E-state index in [1.807, 2.05) is 6.08 Å². The van der Waals surface area contributed by atoms with E-state index in [2.05, 4.69) is 43.5 Å². The topological polar surface area (TPSA) is 149 Å². The van der Waals surface area contributed by atoms with Crippen molar-refractivity contribution in [3.63, 3.8) is 0 Å². The minimum Gasteiger partial charge on any atom is -0.394 e. The quantitative estimate of drug-likeness (QED) is 0.0648. The minimum atomic E-state index is -1.57. The van der Waals surface area contributed by atoms with Gasteiger partial charge in [-0.2, -0.15) is 0 Å². The van der Waals surface area contributed by atoms with Crippen LogP contribution in [0.2, 0.25) is 0 Å². The Labute approximate surface area is 260 Å². The molecule has 0 bridgehead atoms. The zero-order chi connectivity index (χ0) is 31.7. The van der Waals surface area contributed by atoms with Crippen LogP contribution < -0.4 is 5.32 Å². The van der Waals surface area contributed by atoms with Crippen LogP contribution in [0.4, 0.5) is 0 Å². The van der Waals surface area contributed by atoms with Crippen LogP contribution in [-0.4, -0.2) is 87.5 Å². The molecule has 0 spiro atoms. The summed E-state index contributed by atoms with van der Waals surface area (Å²) >= 11 is 0. The second kappa shape index (κ2) is 25.7. The predicted octanol–water partition coefficient (Wildman–Crippen LogP) is 4.60. The van der Waals surface area contributed by atoms with Crippen molar-refractivity contribution in [2.75, 3.05) is 13.2 Å². The van der Waals surface area contributed by atoms with Crippen LogP contribution in [0.15, 0.2) is 36.5 Å². The van der Waals surface area contributed by atoms with Gasteiger partial charge in [-0.1, -0.05) is 108 Å². The number of amides is 1. The maximum Gasteiger partial charge on any atom is 0.220 e. The molecule has 9 nitrogen and oxygen atoms in total. The van der Waals surface area contributed by atoms with Gasteiger partial charge >= 0.3 is 0 Å². The van der Waals surface area contributed by atoms with E-state index in [1.54, 1.807) is 6.08 Å². The van der Waals surface area contributed by atoms with Crippen LogP contribution in [0.25, 0.3) is 0 Å². The number of carbonyl (C=O) groups is 1. The van der Waals surface area contributed by atoms with E-state index < -0.39 is 49.5 Å². The fourth-order valence-corrected chi connectivity index (χ4v) is 4.96. The fraction of sp³-hybridized carbons (Fsp3) is 0.794. The minimum absolute atomic E-state index is 0.200. The predicted molar refractivity (Wildman–Crippen MR) is 170 cm³/mol. The van der Waals surface area contributed by atoms with Crippen molar-refractivity contribution < 1.29 is 39.8 Å².